The van der Waals surface area contributed by atoms with E-state index in [4.69, 9.17) is 19.3 Å². The zero-order valence-corrected chi connectivity index (χ0v) is 24.5. The number of anilines is 1. The Morgan fingerprint density at radius 3 is 2.52 bits per heavy atom. The van der Waals surface area contributed by atoms with Gasteiger partial charge in [0.05, 0.1) is 31.7 Å². The highest BCUT2D eigenvalue weighted by atomic mass is 16.5. The normalized spacial score (nSPS) is 14.9. The Balaban J connectivity index is 1.42. The lowest BCUT2D eigenvalue weighted by molar-refractivity contribution is -0.117. The molecule has 0 saturated carbocycles. The van der Waals surface area contributed by atoms with E-state index in [0.717, 1.165) is 49.3 Å². The van der Waals surface area contributed by atoms with Crippen molar-refractivity contribution >= 4 is 22.5 Å². The Labute approximate surface area is 245 Å². The zero-order valence-electron chi connectivity index (χ0n) is 24.5. The van der Waals surface area contributed by atoms with Crippen molar-refractivity contribution in [1.82, 2.24) is 14.7 Å². The molecule has 5 rings (SSSR count). The molecule has 1 aliphatic heterocycles. The minimum absolute atomic E-state index is 0.278. The topological polar surface area (TPSA) is 107 Å². The summed E-state index contributed by atoms with van der Waals surface area (Å²) in [6.07, 6.45) is 0. The number of carbonyl (C=O) groups excluding carboxylic acids is 1. The van der Waals surface area contributed by atoms with Crippen LogP contribution in [0.2, 0.25) is 0 Å². The van der Waals surface area contributed by atoms with Gasteiger partial charge in [0.2, 0.25) is 0 Å². The molecule has 0 bridgehead atoms. The van der Waals surface area contributed by atoms with Crippen LogP contribution in [-0.2, 0) is 14.9 Å². The lowest BCUT2D eigenvalue weighted by Gasteiger charge is -2.26. The molecule has 1 atom stereocenters. The molecule has 4 aromatic rings. The standard InChI is InChI=1S/C32H37N5O5/c1-32(2,3)28-21-29(37(34-28)22-8-7-9-23(20-22)40-4)33-31(38)30(35-39)26-12-13-27(25-11-6-5-10-24(25)26)42-19-16-36-14-17-41-18-15-36/h5-13,20-21,30H,14-19H2,1-4H3,(H,33,38). The van der Waals surface area contributed by atoms with E-state index in [-0.39, 0.29) is 5.41 Å². The second-order valence-corrected chi connectivity index (χ2v) is 11.3. The molecule has 1 aliphatic rings. The fourth-order valence-corrected chi connectivity index (χ4v) is 4.98. The van der Waals surface area contributed by atoms with E-state index in [2.05, 4.69) is 15.4 Å². The molecule has 2 heterocycles. The van der Waals surface area contributed by atoms with Crippen LogP contribution in [0.25, 0.3) is 16.5 Å². The Kier molecular flexibility index (Phi) is 8.84. The van der Waals surface area contributed by atoms with E-state index in [1.807, 2.05) is 75.4 Å². The summed E-state index contributed by atoms with van der Waals surface area (Å²) in [4.78, 5) is 28.2. The van der Waals surface area contributed by atoms with Gasteiger partial charge in [-0.05, 0) is 29.1 Å². The molecule has 1 fully saturated rings. The van der Waals surface area contributed by atoms with Crippen LogP contribution in [0.4, 0.5) is 5.82 Å². The lowest BCUT2D eigenvalue weighted by Crippen LogP contribution is -2.38. The Hall–Kier alpha value is -4.28. The van der Waals surface area contributed by atoms with Gasteiger partial charge in [-0.1, -0.05) is 62.3 Å². The van der Waals surface area contributed by atoms with Crippen LogP contribution in [0.3, 0.4) is 0 Å². The van der Waals surface area contributed by atoms with Crippen LogP contribution in [0.15, 0.2) is 71.9 Å². The summed E-state index contributed by atoms with van der Waals surface area (Å²) in [7, 11) is 1.59. The minimum atomic E-state index is -1.29. The van der Waals surface area contributed by atoms with E-state index in [0.29, 0.717) is 35.2 Å². The number of ether oxygens (including phenoxy) is 3. The molecule has 0 aliphatic carbocycles. The second kappa shape index (κ2) is 12.7. The highest BCUT2D eigenvalue weighted by molar-refractivity contribution is 6.00. The van der Waals surface area contributed by atoms with Crippen molar-refractivity contribution in [1.29, 1.82) is 0 Å². The average Bonchev–Trinajstić information content (AvgIpc) is 3.43. The first-order valence-corrected chi connectivity index (χ1v) is 14.1. The molecule has 3 aromatic carbocycles. The Bertz CT molecular complexity index is 1550. The number of methoxy groups -OCH3 is 1. The third-order valence-corrected chi connectivity index (χ3v) is 7.36. The SMILES string of the molecule is COc1cccc(-n2nc(C(C)(C)C)cc2NC(=O)C(N=O)c2ccc(OCCN3CCOCC3)c3ccccc23)c1. The summed E-state index contributed by atoms with van der Waals surface area (Å²) in [5.74, 6) is 1.22. The molecule has 42 heavy (non-hydrogen) atoms. The van der Waals surface area contributed by atoms with Gasteiger partial charge in [0, 0.05) is 42.6 Å². The van der Waals surface area contributed by atoms with Crippen LogP contribution in [0.1, 0.15) is 38.1 Å². The first-order valence-electron chi connectivity index (χ1n) is 14.1. The van der Waals surface area contributed by atoms with Gasteiger partial charge in [-0.15, -0.1) is 4.91 Å². The summed E-state index contributed by atoms with van der Waals surface area (Å²) in [5, 5.41) is 12.5. The van der Waals surface area contributed by atoms with E-state index in [9.17, 15) is 9.70 Å². The number of nitrogens with zero attached hydrogens (tertiary/aromatic N) is 4. The summed E-state index contributed by atoms with van der Waals surface area (Å²) in [6.45, 7) is 10.7. The molecule has 220 valence electrons. The number of carbonyl (C=O) groups is 1. The molecule has 0 spiro atoms. The van der Waals surface area contributed by atoms with Crippen LogP contribution in [0, 0.1) is 4.91 Å². The number of benzene rings is 3. The molecule has 1 aromatic heterocycles. The van der Waals surface area contributed by atoms with Gasteiger partial charge in [-0.3, -0.25) is 9.69 Å². The van der Waals surface area contributed by atoms with Crippen LogP contribution >= 0.6 is 0 Å². The van der Waals surface area contributed by atoms with E-state index >= 15 is 0 Å². The Morgan fingerprint density at radius 2 is 1.81 bits per heavy atom. The molecule has 0 radical (unpaired) electrons. The van der Waals surface area contributed by atoms with Gasteiger partial charge in [-0.25, -0.2) is 4.68 Å². The number of amides is 1. The number of morpholine rings is 1. The van der Waals surface area contributed by atoms with Crippen LogP contribution in [0.5, 0.6) is 11.5 Å². The maximum Gasteiger partial charge on any atom is 0.258 e. The molecule has 1 saturated heterocycles. The lowest BCUT2D eigenvalue weighted by atomic mass is 9.92. The van der Waals surface area contributed by atoms with Gasteiger partial charge in [0.1, 0.15) is 23.9 Å². The van der Waals surface area contributed by atoms with Crippen LogP contribution < -0.4 is 14.8 Å². The fourth-order valence-electron chi connectivity index (χ4n) is 4.98. The van der Waals surface area contributed by atoms with Gasteiger partial charge in [-0.2, -0.15) is 5.10 Å². The van der Waals surface area contributed by atoms with E-state index < -0.39 is 11.9 Å². The first-order chi connectivity index (χ1) is 20.3. The highest BCUT2D eigenvalue weighted by Gasteiger charge is 2.28. The number of hydrogen-bond acceptors (Lipinski definition) is 8. The van der Waals surface area contributed by atoms with Crippen molar-refractivity contribution in [2.75, 3.05) is 51.9 Å². The molecule has 10 nitrogen and oxygen atoms in total. The highest BCUT2D eigenvalue weighted by Crippen LogP contribution is 2.34. The minimum Gasteiger partial charge on any atom is -0.497 e. The molecule has 1 unspecified atom stereocenters. The van der Waals surface area contributed by atoms with E-state index in [1.54, 1.807) is 23.9 Å². The summed E-state index contributed by atoms with van der Waals surface area (Å²) >= 11 is 0. The van der Waals surface area contributed by atoms with Crippen molar-refractivity contribution in [2.24, 2.45) is 5.18 Å². The summed E-state index contributed by atoms with van der Waals surface area (Å²) in [6, 6.07) is 19.1. The van der Waals surface area contributed by atoms with Crippen molar-refractivity contribution < 1.29 is 19.0 Å². The third kappa shape index (κ3) is 6.45. The number of rotatable bonds is 10. The number of aromatic nitrogens is 2. The fraction of sp³-hybridized carbons (Fsp3) is 0.375. The van der Waals surface area contributed by atoms with Gasteiger partial charge < -0.3 is 19.5 Å². The summed E-state index contributed by atoms with van der Waals surface area (Å²) < 4.78 is 18.6. The largest absolute Gasteiger partial charge is 0.497 e. The molecular formula is C32H37N5O5. The number of nitroso groups, excluding NO2 is 1. The van der Waals surface area contributed by atoms with Crippen molar-refractivity contribution in [3.63, 3.8) is 0 Å². The predicted molar refractivity (Wildman–Crippen MR) is 163 cm³/mol. The predicted octanol–water partition coefficient (Wildman–Crippen LogP) is 5.49. The smallest absolute Gasteiger partial charge is 0.258 e. The van der Waals surface area contributed by atoms with Gasteiger partial charge >= 0.3 is 0 Å². The maximum absolute atomic E-state index is 13.7. The van der Waals surface area contributed by atoms with Crippen molar-refractivity contribution in [2.45, 2.75) is 32.2 Å². The third-order valence-electron chi connectivity index (χ3n) is 7.36. The van der Waals surface area contributed by atoms with Crippen LogP contribution in [-0.4, -0.2) is 67.2 Å². The first kappa shape index (κ1) is 29.2. The summed E-state index contributed by atoms with van der Waals surface area (Å²) in [5.41, 5.74) is 1.71. The van der Waals surface area contributed by atoms with Gasteiger partial charge in [0.15, 0.2) is 6.04 Å². The molecule has 10 heteroatoms. The number of fused-ring (bicyclic) bond motifs is 1. The number of hydrogen-bond donors (Lipinski definition) is 1. The quantitative estimate of drug-likeness (QED) is 0.251. The van der Waals surface area contributed by atoms with E-state index in [1.165, 1.54) is 0 Å². The molecule has 1 amide bonds. The maximum atomic E-state index is 13.7. The van der Waals surface area contributed by atoms with Gasteiger partial charge in [0.25, 0.3) is 5.91 Å². The number of nitrogens with one attached hydrogen (secondary N) is 1. The van der Waals surface area contributed by atoms with Crippen molar-refractivity contribution in [3.8, 4) is 17.2 Å². The second-order valence-electron chi connectivity index (χ2n) is 11.3. The molecular weight excluding hydrogens is 534 g/mol. The monoisotopic (exact) mass is 571 g/mol. The zero-order chi connectivity index (χ0) is 29.7. The Morgan fingerprint density at radius 1 is 1.05 bits per heavy atom. The van der Waals surface area contributed by atoms with Crippen molar-refractivity contribution in [3.05, 3.63) is 82.9 Å². The molecule has 1 N–H and O–H groups in total. The average molecular weight is 572 g/mol.